The highest BCUT2D eigenvalue weighted by Crippen LogP contribution is 2.50. The molecule has 2 N–H and O–H groups in total. The molecule has 1 aliphatic heterocycles. The Morgan fingerprint density at radius 1 is 1.14 bits per heavy atom. The van der Waals surface area contributed by atoms with Crippen molar-refractivity contribution in [3.8, 4) is 5.75 Å². The van der Waals surface area contributed by atoms with Crippen molar-refractivity contribution >= 4 is 5.69 Å². The molecule has 4 rings (SSSR count). The summed E-state index contributed by atoms with van der Waals surface area (Å²) >= 11 is 0. The largest absolute Gasteiger partial charge is 0.508 e. The van der Waals surface area contributed by atoms with E-state index in [1.165, 1.54) is 16.7 Å². The van der Waals surface area contributed by atoms with E-state index >= 15 is 0 Å². The summed E-state index contributed by atoms with van der Waals surface area (Å²) in [5, 5.41) is 13.5. The van der Waals surface area contributed by atoms with Crippen LogP contribution in [0.15, 0.2) is 54.6 Å². The maximum absolute atomic E-state index is 9.78. The van der Waals surface area contributed by atoms with Crippen LogP contribution in [-0.4, -0.2) is 5.11 Å². The molecule has 0 aromatic heterocycles. The van der Waals surface area contributed by atoms with Crippen molar-refractivity contribution in [1.82, 2.24) is 0 Å². The number of fused-ring (bicyclic) bond motifs is 3. The van der Waals surface area contributed by atoms with E-state index in [1.54, 1.807) is 6.07 Å². The van der Waals surface area contributed by atoms with Crippen LogP contribution in [0.4, 0.5) is 5.69 Å². The molecule has 1 heterocycles. The van der Waals surface area contributed by atoms with Gasteiger partial charge in [-0.2, -0.15) is 0 Å². The minimum absolute atomic E-state index is 0.335. The third-order valence-electron chi connectivity index (χ3n) is 4.75. The number of allylic oxidation sites excluding steroid dienone is 2. The zero-order valence-corrected chi connectivity index (χ0v) is 12.1. The number of hydrogen-bond donors (Lipinski definition) is 2. The van der Waals surface area contributed by atoms with E-state index in [4.69, 9.17) is 0 Å². The van der Waals surface area contributed by atoms with Gasteiger partial charge in [-0.1, -0.05) is 42.0 Å². The Morgan fingerprint density at radius 2 is 2.05 bits per heavy atom. The first-order chi connectivity index (χ1) is 10.2. The molecule has 2 heteroatoms. The number of phenols is 1. The second-order valence-electron chi connectivity index (χ2n) is 6.16. The lowest BCUT2D eigenvalue weighted by atomic mass is 9.77. The van der Waals surface area contributed by atoms with Gasteiger partial charge in [0.05, 0.1) is 6.04 Å². The molecule has 0 saturated heterocycles. The van der Waals surface area contributed by atoms with Crippen molar-refractivity contribution in [3.05, 3.63) is 71.3 Å². The van der Waals surface area contributed by atoms with Gasteiger partial charge >= 0.3 is 0 Å². The Morgan fingerprint density at radius 3 is 2.90 bits per heavy atom. The highest BCUT2D eigenvalue weighted by Gasteiger charge is 2.37. The summed E-state index contributed by atoms with van der Waals surface area (Å²) in [6.07, 6.45) is 5.66. The van der Waals surface area contributed by atoms with Crippen molar-refractivity contribution in [2.75, 3.05) is 5.32 Å². The summed E-state index contributed by atoms with van der Waals surface area (Å²) in [5.74, 6) is 1.28. The fourth-order valence-electron chi connectivity index (χ4n) is 3.78. The SMILES string of the molecule is Cc1cccc(C2Nc3ccc(O)cc3C3C=CCC32)c1. The van der Waals surface area contributed by atoms with Crippen molar-refractivity contribution in [2.24, 2.45) is 5.92 Å². The Balaban J connectivity index is 1.80. The van der Waals surface area contributed by atoms with Crippen LogP contribution >= 0.6 is 0 Å². The highest BCUT2D eigenvalue weighted by molar-refractivity contribution is 5.61. The van der Waals surface area contributed by atoms with Gasteiger partial charge in [-0.15, -0.1) is 0 Å². The van der Waals surface area contributed by atoms with Gasteiger partial charge in [0.1, 0.15) is 5.75 Å². The monoisotopic (exact) mass is 277 g/mol. The Labute approximate surface area is 125 Å². The van der Waals surface area contributed by atoms with Gasteiger partial charge in [-0.05, 0) is 48.6 Å². The van der Waals surface area contributed by atoms with E-state index in [0.29, 0.717) is 23.6 Å². The number of benzene rings is 2. The van der Waals surface area contributed by atoms with E-state index in [-0.39, 0.29) is 0 Å². The molecule has 2 aromatic carbocycles. The molecular formula is C19H19NO. The maximum Gasteiger partial charge on any atom is 0.116 e. The number of anilines is 1. The predicted molar refractivity (Wildman–Crippen MR) is 85.6 cm³/mol. The zero-order valence-electron chi connectivity index (χ0n) is 12.1. The minimum atomic E-state index is 0.335. The molecule has 3 unspecified atom stereocenters. The summed E-state index contributed by atoms with van der Waals surface area (Å²) < 4.78 is 0. The smallest absolute Gasteiger partial charge is 0.116 e. The molecule has 0 amide bonds. The Hall–Kier alpha value is -2.22. The molecule has 1 aliphatic carbocycles. The second kappa shape index (κ2) is 4.66. The standard InChI is InChI=1S/C19H19NO/c1-12-4-2-5-13(10-12)19-16-7-3-6-15(16)17-11-14(21)8-9-18(17)20-19/h2-6,8-11,15-16,19-21H,7H2,1H3. The minimum Gasteiger partial charge on any atom is -0.508 e. The molecule has 0 bridgehead atoms. The molecule has 2 aliphatic rings. The van der Waals surface area contributed by atoms with Gasteiger partial charge in [-0.3, -0.25) is 0 Å². The number of aryl methyl sites for hydroxylation is 1. The third kappa shape index (κ3) is 2.02. The predicted octanol–water partition coefficient (Wildman–Crippen LogP) is 4.53. The Kier molecular flexibility index (Phi) is 2.78. The number of phenolic OH excluding ortho intramolecular Hbond substituents is 1. The van der Waals surface area contributed by atoms with Gasteiger partial charge in [0.2, 0.25) is 0 Å². The average molecular weight is 277 g/mol. The van der Waals surface area contributed by atoms with Crippen LogP contribution in [-0.2, 0) is 0 Å². The van der Waals surface area contributed by atoms with Crippen molar-refractivity contribution < 1.29 is 5.11 Å². The second-order valence-corrected chi connectivity index (χ2v) is 6.16. The van der Waals surface area contributed by atoms with Crippen LogP contribution in [0.5, 0.6) is 5.75 Å². The molecule has 106 valence electrons. The first-order valence-corrected chi connectivity index (χ1v) is 7.55. The number of aromatic hydroxyl groups is 1. The van der Waals surface area contributed by atoms with E-state index in [9.17, 15) is 5.11 Å². The molecule has 0 radical (unpaired) electrons. The molecule has 0 saturated carbocycles. The van der Waals surface area contributed by atoms with E-state index in [1.807, 2.05) is 12.1 Å². The van der Waals surface area contributed by atoms with Crippen molar-refractivity contribution in [3.63, 3.8) is 0 Å². The van der Waals surface area contributed by atoms with Gasteiger partial charge in [0.15, 0.2) is 0 Å². The lowest BCUT2D eigenvalue weighted by Crippen LogP contribution is -2.29. The van der Waals surface area contributed by atoms with Crippen molar-refractivity contribution in [2.45, 2.75) is 25.3 Å². The van der Waals surface area contributed by atoms with E-state index in [2.05, 4.69) is 48.7 Å². The summed E-state index contributed by atoms with van der Waals surface area (Å²) in [7, 11) is 0. The average Bonchev–Trinajstić information content (AvgIpc) is 2.96. The van der Waals surface area contributed by atoms with Crippen LogP contribution in [0.2, 0.25) is 0 Å². The number of nitrogens with one attached hydrogen (secondary N) is 1. The fourth-order valence-corrected chi connectivity index (χ4v) is 3.78. The number of hydrogen-bond acceptors (Lipinski definition) is 2. The highest BCUT2D eigenvalue weighted by atomic mass is 16.3. The normalized spacial score (nSPS) is 26.0. The first-order valence-electron chi connectivity index (χ1n) is 7.55. The topological polar surface area (TPSA) is 32.3 Å². The summed E-state index contributed by atoms with van der Waals surface area (Å²) in [4.78, 5) is 0. The summed E-state index contributed by atoms with van der Waals surface area (Å²) in [5.41, 5.74) is 5.02. The van der Waals surface area contributed by atoms with Gasteiger partial charge in [0, 0.05) is 11.6 Å². The maximum atomic E-state index is 9.78. The molecule has 3 atom stereocenters. The zero-order chi connectivity index (χ0) is 14.4. The van der Waals surface area contributed by atoms with E-state index < -0.39 is 0 Å². The van der Waals surface area contributed by atoms with Crippen LogP contribution in [0.3, 0.4) is 0 Å². The van der Waals surface area contributed by atoms with Gasteiger partial charge < -0.3 is 10.4 Å². The van der Waals surface area contributed by atoms with Crippen molar-refractivity contribution in [1.29, 1.82) is 0 Å². The fraction of sp³-hybridized carbons (Fsp3) is 0.263. The Bertz CT molecular complexity index is 719. The summed E-state index contributed by atoms with van der Waals surface area (Å²) in [6, 6.07) is 14.8. The molecule has 2 aromatic rings. The van der Waals surface area contributed by atoms with Crippen LogP contribution in [0.25, 0.3) is 0 Å². The van der Waals surface area contributed by atoms with Crippen LogP contribution in [0.1, 0.15) is 35.1 Å². The van der Waals surface area contributed by atoms with Gasteiger partial charge in [0.25, 0.3) is 0 Å². The molecular weight excluding hydrogens is 258 g/mol. The lowest BCUT2D eigenvalue weighted by molar-refractivity contribution is 0.421. The third-order valence-corrected chi connectivity index (χ3v) is 4.75. The molecule has 21 heavy (non-hydrogen) atoms. The molecule has 0 spiro atoms. The van der Waals surface area contributed by atoms with Crippen LogP contribution in [0, 0.1) is 12.8 Å². The molecule has 2 nitrogen and oxygen atoms in total. The van der Waals surface area contributed by atoms with E-state index in [0.717, 1.165) is 12.1 Å². The van der Waals surface area contributed by atoms with Crippen LogP contribution < -0.4 is 5.32 Å². The van der Waals surface area contributed by atoms with Gasteiger partial charge in [-0.25, -0.2) is 0 Å². The first kappa shape index (κ1) is 12.5. The summed E-state index contributed by atoms with van der Waals surface area (Å²) in [6.45, 7) is 2.14. The quantitative estimate of drug-likeness (QED) is 0.593. The number of rotatable bonds is 1. The lowest BCUT2D eigenvalue weighted by Gasteiger charge is -2.37. The molecule has 0 fully saturated rings.